The summed E-state index contributed by atoms with van der Waals surface area (Å²) >= 11 is 0. The predicted molar refractivity (Wildman–Crippen MR) is 61.9 cm³/mol. The number of nitrogens with two attached hydrogens (primary N) is 1. The summed E-state index contributed by atoms with van der Waals surface area (Å²) < 4.78 is 7.11. The molecule has 0 aliphatic heterocycles. The molecule has 0 saturated heterocycles. The number of furan rings is 1. The van der Waals surface area contributed by atoms with Gasteiger partial charge < -0.3 is 10.2 Å². The largest absolute Gasteiger partial charge is 0.469 e. The Morgan fingerprint density at radius 2 is 2.38 bits per heavy atom. The summed E-state index contributed by atoms with van der Waals surface area (Å²) in [5, 5.41) is 4.39. The van der Waals surface area contributed by atoms with E-state index in [0.717, 1.165) is 23.4 Å². The van der Waals surface area contributed by atoms with Crippen LogP contribution in [0, 0.1) is 0 Å². The fraction of sp³-hybridized carbons (Fsp3) is 0.417. The van der Waals surface area contributed by atoms with E-state index in [1.165, 1.54) is 0 Å². The van der Waals surface area contributed by atoms with Gasteiger partial charge in [0.25, 0.3) is 0 Å². The van der Waals surface area contributed by atoms with Gasteiger partial charge in [-0.15, -0.1) is 0 Å². The van der Waals surface area contributed by atoms with Crippen molar-refractivity contribution in [2.75, 3.05) is 0 Å². The molecular weight excluding hydrogens is 202 g/mol. The number of nitrogens with zero attached hydrogens (tertiary/aromatic N) is 2. The van der Waals surface area contributed by atoms with Gasteiger partial charge in [-0.2, -0.15) is 5.10 Å². The Bertz CT molecular complexity index is 445. The molecule has 4 heteroatoms. The molecule has 16 heavy (non-hydrogen) atoms. The van der Waals surface area contributed by atoms with Gasteiger partial charge in [-0.1, -0.05) is 6.92 Å². The molecule has 0 aromatic carbocycles. The minimum absolute atomic E-state index is 0.0465. The minimum atomic E-state index is -0.0465. The molecule has 2 aromatic rings. The maximum Gasteiger partial charge on any atom is 0.105 e. The molecule has 1 unspecified atom stereocenters. The molecule has 0 saturated carbocycles. The monoisotopic (exact) mass is 219 g/mol. The minimum Gasteiger partial charge on any atom is -0.469 e. The summed E-state index contributed by atoms with van der Waals surface area (Å²) in [4.78, 5) is 0. The number of aromatic nitrogens is 2. The van der Waals surface area contributed by atoms with Crippen LogP contribution in [0.2, 0.25) is 0 Å². The Hall–Kier alpha value is -1.55. The van der Waals surface area contributed by atoms with Gasteiger partial charge >= 0.3 is 0 Å². The number of rotatable bonds is 4. The molecule has 2 rings (SSSR count). The van der Waals surface area contributed by atoms with E-state index in [1.807, 2.05) is 30.1 Å². The summed E-state index contributed by atoms with van der Waals surface area (Å²) in [5.74, 6) is 0.915. The molecule has 0 aliphatic carbocycles. The average Bonchev–Trinajstić information content (AvgIpc) is 2.86. The van der Waals surface area contributed by atoms with Crippen molar-refractivity contribution in [2.45, 2.75) is 25.8 Å². The van der Waals surface area contributed by atoms with Gasteiger partial charge in [0.2, 0.25) is 0 Å². The molecule has 0 fully saturated rings. The van der Waals surface area contributed by atoms with Crippen LogP contribution in [-0.4, -0.2) is 9.78 Å². The van der Waals surface area contributed by atoms with Crippen LogP contribution >= 0.6 is 0 Å². The van der Waals surface area contributed by atoms with Gasteiger partial charge in [0.15, 0.2) is 0 Å². The highest BCUT2D eigenvalue weighted by atomic mass is 16.3. The molecule has 0 aliphatic rings. The van der Waals surface area contributed by atoms with E-state index in [0.29, 0.717) is 6.42 Å². The van der Waals surface area contributed by atoms with Crippen molar-refractivity contribution in [1.82, 2.24) is 9.78 Å². The molecule has 2 N–H and O–H groups in total. The first-order valence-corrected chi connectivity index (χ1v) is 5.51. The van der Waals surface area contributed by atoms with E-state index < -0.39 is 0 Å². The number of aryl methyl sites for hydroxylation is 2. The molecule has 0 spiro atoms. The van der Waals surface area contributed by atoms with Crippen molar-refractivity contribution in [3.8, 4) is 0 Å². The zero-order valence-corrected chi connectivity index (χ0v) is 9.68. The lowest BCUT2D eigenvalue weighted by molar-refractivity contribution is 0.488. The highest BCUT2D eigenvalue weighted by Gasteiger charge is 2.15. The van der Waals surface area contributed by atoms with E-state index in [2.05, 4.69) is 12.0 Å². The van der Waals surface area contributed by atoms with Crippen molar-refractivity contribution < 1.29 is 4.42 Å². The van der Waals surface area contributed by atoms with Crippen LogP contribution in [-0.2, 0) is 19.9 Å². The maximum absolute atomic E-state index is 6.16. The van der Waals surface area contributed by atoms with Gasteiger partial charge in [0, 0.05) is 31.3 Å². The molecule has 0 radical (unpaired) electrons. The number of hydrogen-bond acceptors (Lipinski definition) is 3. The topological polar surface area (TPSA) is 57.0 Å². The van der Waals surface area contributed by atoms with Crippen LogP contribution in [0.5, 0.6) is 0 Å². The molecule has 1 atom stereocenters. The molecule has 2 heterocycles. The third kappa shape index (κ3) is 2.17. The first-order chi connectivity index (χ1) is 7.70. The van der Waals surface area contributed by atoms with E-state index in [4.69, 9.17) is 10.2 Å². The summed E-state index contributed by atoms with van der Waals surface area (Å²) in [5.41, 5.74) is 8.35. The lowest BCUT2D eigenvalue weighted by Gasteiger charge is -2.09. The average molecular weight is 219 g/mol. The number of hydrogen-bond donors (Lipinski definition) is 1. The van der Waals surface area contributed by atoms with Gasteiger partial charge in [-0.05, 0) is 18.6 Å². The lowest BCUT2D eigenvalue weighted by Crippen LogP contribution is -2.14. The maximum atomic E-state index is 6.16. The summed E-state index contributed by atoms with van der Waals surface area (Å²) in [7, 11) is 1.92. The lowest BCUT2D eigenvalue weighted by atomic mass is 10.0. The smallest absolute Gasteiger partial charge is 0.105 e. The normalized spacial score (nSPS) is 12.9. The molecule has 0 bridgehead atoms. The van der Waals surface area contributed by atoms with Crippen LogP contribution in [0.4, 0.5) is 0 Å². The third-order valence-corrected chi connectivity index (χ3v) is 2.67. The van der Waals surface area contributed by atoms with Gasteiger partial charge in [0.1, 0.15) is 5.76 Å². The van der Waals surface area contributed by atoms with Crippen molar-refractivity contribution in [2.24, 2.45) is 12.8 Å². The first-order valence-electron chi connectivity index (χ1n) is 5.51. The fourth-order valence-electron chi connectivity index (χ4n) is 1.89. The quantitative estimate of drug-likeness (QED) is 0.853. The van der Waals surface area contributed by atoms with Crippen molar-refractivity contribution in [1.29, 1.82) is 0 Å². The van der Waals surface area contributed by atoms with Crippen molar-refractivity contribution >= 4 is 0 Å². The highest BCUT2D eigenvalue weighted by Crippen LogP contribution is 2.19. The first kappa shape index (κ1) is 11.0. The van der Waals surface area contributed by atoms with Gasteiger partial charge in [-0.3, -0.25) is 4.68 Å². The summed E-state index contributed by atoms with van der Waals surface area (Å²) in [6.45, 7) is 2.09. The zero-order valence-electron chi connectivity index (χ0n) is 9.68. The fourth-order valence-corrected chi connectivity index (χ4v) is 1.89. The second kappa shape index (κ2) is 4.53. The van der Waals surface area contributed by atoms with E-state index in [1.54, 1.807) is 6.26 Å². The zero-order chi connectivity index (χ0) is 11.5. The second-order valence-electron chi connectivity index (χ2n) is 3.95. The highest BCUT2D eigenvalue weighted by molar-refractivity contribution is 5.22. The van der Waals surface area contributed by atoms with Crippen LogP contribution in [0.15, 0.2) is 29.0 Å². The van der Waals surface area contributed by atoms with E-state index >= 15 is 0 Å². The van der Waals surface area contributed by atoms with Gasteiger partial charge in [-0.25, -0.2) is 0 Å². The van der Waals surface area contributed by atoms with Crippen LogP contribution in [0.3, 0.4) is 0 Å². The van der Waals surface area contributed by atoms with Crippen LogP contribution < -0.4 is 5.73 Å². The Morgan fingerprint density at radius 3 is 3.00 bits per heavy atom. The predicted octanol–water partition coefficient (Wildman–Crippen LogP) is 1.82. The Labute approximate surface area is 95.1 Å². The van der Waals surface area contributed by atoms with Gasteiger partial charge in [0.05, 0.1) is 12.0 Å². The summed E-state index contributed by atoms with van der Waals surface area (Å²) in [6.07, 6.45) is 5.28. The molecule has 0 amide bonds. The Morgan fingerprint density at radius 1 is 1.56 bits per heavy atom. The van der Waals surface area contributed by atoms with Crippen molar-refractivity contribution in [3.05, 3.63) is 41.6 Å². The van der Waals surface area contributed by atoms with Crippen LogP contribution in [0.1, 0.15) is 30.0 Å². The summed E-state index contributed by atoms with van der Waals surface area (Å²) in [6, 6.07) is 3.78. The SMILES string of the molecule is CCc1nn(C)cc1C(N)Cc1ccco1. The van der Waals surface area contributed by atoms with E-state index in [-0.39, 0.29) is 6.04 Å². The second-order valence-corrected chi connectivity index (χ2v) is 3.95. The molecule has 86 valence electrons. The molecule has 2 aromatic heterocycles. The van der Waals surface area contributed by atoms with E-state index in [9.17, 15) is 0 Å². The van der Waals surface area contributed by atoms with Crippen molar-refractivity contribution in [3.63, 3.8) is 0 Å². The molecule has 4 nitrogen and oxygen atoms in total. The third-order valence-electron chi connectivity index (χ3n) is 2.67. The Balaban J connectivity index is 2.16. The Kier molecular flexibility index (Phi) is 3.10. The molecular formula is C12H17N3O. The standard InChI is InChI=1S/C12H17N3O/c1-3-12-10(8-15(2)14-12)11(13)7-9-5-4-6-16-9/h4-6,8,11H,3,7,13H2,1-2H3. The van der Waals surface area contributed by atoms with Crippen LogP contribution in [0.25, 0.3) is 0 Å².